The smallest absolute Gasteiger partial charge is 0.253 e. The average Bonchev–Trinajstić information content (AvgIpc) is 2.32. The van der Waals surface area contributed by atoms with E-state index in [9.17, 15) is 0 Å². The lowest BCUT2D eigenvalue weighted by molar-refractivity contribution is -1.02. The van der Waals surface area contributed by atoms with Crippen LogP contribution in [0.4, 0.5) is 0 Å². The lowest BCUT2D eigenvalue weighted by atomic mass is 9.93. The van der Waals surface area contributed by atoms with Gasteiger partial charge in [0, 0.05) is 5.41 Å². The van der Waals surface area contributed by atoms with E-state index in [2.05, 4.69) is 25.9 Å². The highest BCUT2D eigenvalue weighted by molar-refractivity contribution is 5.02. The van der Waals surface area contributed by atoms with Crippen LogP contribution in [0.2, 0.25) is 0 Å². The van der Waals surface area contributed by atoms with Crippen LogP contribution >= 0.6 is 0 Å². The molecule has 0 spiro atoms. The Balaban J connectivity index is 2.89. The van der Waals surface area contributed by atoms with Crippen LogP contribution in [0.25, 0.3) is 0 Å². The van der Waals surface area contributed by atoms with Crippen LogP contribution in [-0.2, 0) is 5.41 Å². The molecular weight excluding hydrogens is 144 g/mol. The largest absolute Gasteiger partial charge is 0.306 e. The first-order valence-electron chi connectivity index (χ1n) is 3.48. The minimum Gasteiger partial charge on any atom is -0.306 e. The third-order valence-electron chi connectivity index (χ3n) is 1.40. The summed E-state index contributed by atoms with van der Waals surface area (Å²) in [4.78, 5) is 6.00. The summed E-state index contributed by atoms with van der Waals surface area (Å²) in [6, 6.07) is 0. The zero-order chi connectivity index (χ0) is 8.48. The molecular formula is C7H13N2O2+. The van der Waals surface area contributed by atoms with Gasteiger partial charge in [-0.15, -0.1) is 0 Å². The first-order chi connectivity index (χ1) is 5.04. The summed E-state index contributed by atoms with van der Waals surface area (Å²) in [5.41, 5.74) is 0.882. The predicted molar refractivity (Wildman–Crippen MR) is 37.9 cm³/mol. The van der Waals surface area contributed by atoms with E-state index >= 15 is 0 Å². The minimum atomic E-state index is 0.00722. The van der Waals surface area contributed by atoms with Gasteiger partial charge < -0.3 is 4.84 Å². The molecule has 0 fully saturated rings. The molecule has 4 heteroatoms. The molecule has 11 heavy (non-hydrogen) atoms. The Morgan fingerprint density at radius 2 is 2.18 bits per heavy atom. The average molecular weight is 157 g/mol. The van der Waals surface area contributed by atoms with E-state index in [0.29, 0.717) is 0 Å². The Hall–Kier alpha value is -1.06. The first kappa shape index (κ1) is 8.04. The van der Waals surface area contributed by atoms with E-state index in [0.717, 1.165) is 5.69 Å². The molecule has 0 radical (unpaired) electrons. The molecule has 0 aromatic carbocycles. The summed E-state index contributed by atoms with van der Waals surface area (Å²) in [5, 5.41) is 3.82. The van der Waals surface area contributed by atoms with Gasteiger partial charge in [0.2, 0.25) is 6.20 Å². The molecule has 62 valence electrons. The van der Waals surface area contributed by atoms with Crippen molar-refractivity contribution in [2.75, 3.05) is 7.11 Å². The van der Waals surface area contributed by atoms with Gasteiger partial charge in [0.15, 0.2) is 5.16 Å². The van der Waals surface area contributed by atoms with Gasteiger partial charge in [-0.3, -0.25) is 0 Å². The molecule has 0 saturated carbocycles. The fourth-order valence-electron chi connectivity index (χ4n) is 0.648. The van der Waals surface area contributed by atoms with Crippen molar-refractivity contribution in [1.29, 1.82) is 0 Å². The van der Waals surface area contributed by atoms with Crippen LogP contribution in [0.1, 0.15) is 26.5 Å². The lowest BCUT2D eigenvalue weighted by Gasteiger charge is -2.06. The van der Waals surface area contributed by atoms with E-state index in [1.807, 2.05) is 0 Å². The molecule has 0 aliphatic carbocycles. The number of hydrogen-bond acceptors (Lipinski definition) is 3. The third-order valence-corrected chi connectivity index (χ3v) is 1.40. The van der Waals surface area contributed by atoms with E-state index in [1.165, 1.54) is 12.0 Å². The van der Waals surface area contributed by atoms with Gasteiger partial charge in [-0.2, -0.15) is 0 Å². The Kier molecular flexibility index (Phi) is 1.85. The van der Waals surface area contributed by atoms with Crippen molar-refractivity contribution in [2.24, 2.45) is 0 Å². The highest BCUT2D eigenvalue weighted by Crippen LogP contribution is 2.17. The lowest BCUT2D eigenvalue weighted by Crippen LogP contribution is -2.37. The Morgan fingerprint density at radius 3 is 2.45 bits per heavy atom. The van der Waals surface area contributed by atoms with Gasteiger partial charge in [-0.25, -0.2) is 0 Å². The van der Waals surface area contributed by atoms with Crippen molar-refractivity contribution in [1.82, 2.24) is 5.16 Å². The normalized spacial score (nSPS) is 11.6. The molecule has 4 nitrogen and oxygen atoms in total. The minimum absolute atomic E-state index is 0.00722. The second-order valence-corrected chi connectivity index (χ2v) is 3.41. The summed E-state index contributed by atoms with van der Waals surface area (Å²) in [6.45, 7) is 6.18. The molecule has 0 amide bonds. The molecule has 1 aromatic rings. The van der Waals surface area contributed by atoms with Gasteiger partial charge in [0.25, 0.3) is 5.69 Å². The molecule has 0 aliphatic rings. The highest BCUT2D eigenvalue weighted by atomic mass is 16.8. The molecule has 0 aliphatic heterocycles. The fourth-order valence-corrected chi connectivity index (χ4v) is 0.648. The van der Waals surface area contributed by atoms with Gasteiger partial charge in [-0.1, -0.05) is 20.8 Å². The maximum absolute atomic E-state index is 4.78. The van der Waals surface area contributed by atoms with Crippen LogP contribution in [0.3, 0.4) is 0 Å². The summed E-state index contributed by atoms with van der Waals surface area (Å²) < 4.78 is 4.78. The van der Waals surface area contributed by atoms with Gasteiger partial charge in [-0.05, 0) is 4.63 Å². The van der Waals surface area contributed by atoms with E-state index < -0.39 is 0 Å². The van der Waals surface area contributed by atoms with E-state index in [-0.39, 0.29) is 5.41 Å². The molecule has 0 N–H and O–H groups in total. The number of rotatable bonds is 1. The molecule has 0 atom stereocenters. The van der Waals surface area contributed by atoms with Crippen molar-refractivity contribution in [3.8, 4) is 0 Å². The maximum atomic E-state index is 4.78. The van der Waals surface area contributed by atoms with Gasteiger partial charge >= 0.3 is 0 Å². The fraction of sp³-hybridized carbons (Fsp3) is 0.714. The summed E-state index contributed by atoms with van der Waals surface area (Å²) >= 11 is 0. The molecule has 0 bridgehead atoms. The monoisotopic (exact) mass is 157 g/mol. The quantitative estimate of drug-likeness (QED) is 0.589. The van der Waals surface area contributed by atoms with Crippen LogP contribution in [0.5, 0.6) is 0 Å². The Bertz CT molecular complexity index is 237. The SMILES string of the molecule is CO[n+]1cc(C(C)(C)C)no1. The number of hydrogen-bond donors (Lipinski definition) is 0. The van der Waals surface area contributed by atoms with Crippen LogP contribution in [0.15, 0.2) is 10.8 Å². The van der Waals surface area contributed by atoms with Crippen LogP contribution in [-0.4, -0.2) is 12.3 Å². The molecule has 1 aromatic heterocycles. The number of aromatic nitrogens is 2. The molecule has 1 rings (SSSR count). The second kappa shape index (κ2) is 2.53. The molecule has 0 unspecified atom stereocenters. The van der Waals surface area contributed by atoms with Crippen molar-refractivity contribution >= 4 is 0 Å². The zero-order valence-corrected chi connectivity index (χ0v) is 7.29. The number of nitrogens with zero attached hydrogens (tertiary/aromatic N) is 2. The molecule has 0 saturated heterocycles. The van der Waals surface area contributed by atoms with Gasteiger partial charge in [0.1, 0.15) is 12.0 Å². The summed E-state index contributed by atoms with van der Waals surface area (Å²) in [5.74, 6) is 0. The van der Waals surface area contributed by atoms with Crippen molar-refractivity contribution in [3.63, 3.8) is 0 Å². The zero-order valence-electron chi connectivity index (χ0n) is 7.29. The third kappa shape index (κ3) is 1.69. The predicted octanol–water partition coefficient (Wildman–Crippen LogP) is 0.318. The Labute approximate surface area is 65.7 Å². The highest BCUT2D eigenvalue weighted by Gasteiger charge is 2.26. The van der Waals surface area contributed by atoms with Crippen molar-refractivity contribution < 1.29 is 14.4 Å². The standard InChI is InChI=1S/C7H13N2O2/c1-7(2,3)6-5-9(10-4)11-8-6/h5H,1-4H3/q+1. The topological polar surface area (TPSA) is 39.1 Å². The van der Waals surface area contributed by atoms with Crippen molar-refractivity contribution in [3.05, 3.63) is 11.9 Å². The first-order valence-corrected chi connectivity index (χ1v) is 3.48. The van der Waals surface area contributed by atoms with Gasteiger partial charge in [0.05, 0.1) is 0 Å². The summed E-state index contributed by atoms with van der Waals surface area (Å²) in [7, 11) is 1.53. The second-order valence-electron chi connectivity index (χ2n) is 3.41. The van der Waals surface area contributed by atoms with E-state index in [4.69, 9.17) is 9.47 Å². The van der Waals surface area contributed by atoms with Crippen LogP contribution < -0.4 is 9.74 Å². The molecule has 1 heterocycles. The van der Waals surface area contributed by atoms with Crippen LogP contribution in [0, 0.1) is 0 Å². The maximum Gasteiger partial charge on any atom is 0.253 e. The summed E-state index contributed by atoms with van der Waals surface area (Å²) in [6.07, 6.45) is 1.72. The van der Waals surface area contributed by atoms with Crippen molar-refractivity contribution in [2.45, 2.75) is 26.2 Å². The van der Waals surface area contributed by atoms with E-state index in [1.54, 1.807) is 6.20 Å². The Morgan fingerprint density at radius 1 is 1.55 bits per heavy atom.